The van der Waals surface area contributed by atoms with Crippen LogP contribution in [0.1, 0.15) is 38.3 Å². The Kier molecular flexibility index (Phi) is 7.54. The van der Waals surface area contributed by atoms with Gasteiger partial charge in [-0.2, -0.15) is 0 Å². The number of aryl methyl sites for hydroxylation is 1. The molecule has 0 saturated carbocycles. The number of thiophene rings is 1. The zero-order chi connectivity index (χ0) is 23.0. The van der Waals surface area contributed by atoms with E-state index in [1.807, 2.05) is 60.8 Å². The van der Waals surface area contributed by atoms with Gasteiger partial charge in [-0.25, -0.2) is 9.78 Å². The van der Waals surface area contributed by atoms with Crippen molar-refractivity contribution in [2.75, 3.05) is 6.61 Å². The number of hydrogen-bond acceptors (Lipinski definition) is 8. The third kappa shape index (κ3) is 6.09. The molecule has 1 aromatic carbocycles. The fraction of sp³-hybridized carbons (Fsp3) is 0.167. The highest BCUT2D eigenvalue weighted by Crippen LogP contribution is 2.26. The molecular formula is C24H21N3O4S2. The van der Waals surface area contributed by atoms with Gasteiger partial charge in [0.05, 0.1) is 17.3 Å². The van der Waals surface area contributed by atoms with Gasteiger partial charge in [0.2, 0.25) is 0 Å². The van der Waals surface area contributed by atoms with E-state index in [1.165, 1.54) is 11.8 Å². The largest absolute Gasteiger partial charge is 0.452 e. The van der Waals surface area contributed by atoms with Crippen LogP contribution in [0.4, 0.5) is 0 Å². The SMILES string of the molecule is Cc1cc(CSc2ncccc2C(=O)OCC(=O)NC(c2ccccc2)c2cccs2)no1. The Hall–Kier alpha value is -3.43. The lowest BCUT2D eigenvalue weighted by Crippen LogP contribution is -2.32. The van der Waals surface area contributed by atoms with Crippen molar-refractivity contribution < 1.29 is 18.8 Å². The lowest BCUT2D eigenvalue weighted by Gasteiger charge is -2.18. The summed E-state index contributed by atoms with van der Waals surface area (Å²) in [6.45, 7) is 1.42. The van der Waals surface area contributed by atoms with Crippen LogP contribution < -0.4 is 5.32 Å². The molecule has 1 N–H and O–H groups in total. The van der Waals surface area contributed by atoms with Crippen molar-refractivity contribution in [1.82, 2.24) is 15.5 Å². The van der Waals surface area contributed by atoms with Crippen molar-refractivity contribution in [3.8, 4) is 0 Å². The monoisotopic (exact) mass is 479 g/mol. The van der Waals surface area contributed by atoms with Gasteiger partial charge in [-0.05, 0) is 36.1 Å². The molecule has 3 aromatic heterocycles. The van der Waals surface area contributed by atoms with Gasteiger partial charge in [-0.3, -0.25) is 4.79 Å². The van der Waals surface area contributed by atoms with Crippen molar-refractivity contribution in [2.45, 2.75) is 23.7 Å². The molecule has 0 saturated heterocycles. The maximum atomic E-state index is 12.7. The van der Waals surface area contributed by atoms with E-state index >= 15 is 0 Å². The summed E-state index contributed by atoms with van der Waals surface area (Å²) >= 11 is 2.90. The van der Waals surface area contributed by atoms with E-state index in [0.29, 0.717) is 22.1 Å². The minimum atomic E-state index is -0.607. The summed E-state index contributed by atoms with van der Waals surface area (Å²) in [5.74, 6) is 0.217. The van der Waals surface area contributed by atoms with Crippen LogP contribution in [-0.2, 0) is 15.3 Å². The molecule has 1 unspecified atom stereocenters. The summed E-state index contributed by atoms with van der Waals surface area (Å²) < 4.78 is 10.4. The number of carbonyl (C=O) groups is 2. The molecule has 0 fully saturated rings. The Morgan fingerprint density at radius 3 is 2.73 bits per heavy atom. The molecule has 0 radical (unpaired) electrons. The number of nitrogens with one attached hydrogen (secondary N) is 1. The average molecular weight is 480 g/mol. The van der Waals surface area contributed by atoms with Gasteiger partial charge >= 0.3 is 5.97 Å². The number of esters is 1. The van der Waals surface area contributed by atoms with Crippen molar-refractivity contribution in [3.05, 3.63) is 99.7 Å². The molecule has 168 valence electrons. The number of aromatic nitrogens is 2. The highest BCUT2D eigenvalue weighted by Gasteiger charge is 2.20. The Labute approximate surface area is 199 Å². The predicted molar refractivity (Wildman–Crippen MR) is 126 cm³/mol. The van der Waals surface area contributed by atoms with Gasteiger partial charge in [0.1, 0.15) is 10.8 Å². The Balaban J connectivity index is 1.38. The number of pyridine rings is 1. The molecule has 3 heterocycles. The minimum Gasteiger partial charge on any atom is -0.452 e. The molecule has 4 aromatic rings. The van der Waals surface area contributed by atoms with Gasteiger partial charge in [0, 0.05) is 22.9 Å². The third-order valence-corrected chi connectivity index (χ3v) is 6.60. The molecule has 0 bridgehead atoms. The molecule has 1 atom stereocenters. The number of rotatable bonds is 9. The maximum absolute atomic E-state index is 12.7. The predicted octanol–water partition coefficient (Wildman–Crippen LogP) is 4.79. The first-order valence-electron chi connectivity index (χ1n) is 10.1. The number of nitrogens with zero attached hydrogens (tertiary/aromatic N) is 2. The Morgan fingerprint density at radius 2 is 2.00 bits per heavy atom. The molecular weight excluding hydrogens is 458 g/mol. The standard InChI is InChI=1S/C24H21N3O4S2/c1-16-13-18(27-31-16)15-33-23-19(9-5-11-25-23)24(29)30-14-21(28)26-22(20-10-6-12-32-20)17-7-3-2-4-8-17/h2-13,22H,14-15H2,1H3,(H,26,28). The molecule has 4 rings (SSSR count). The molecule has 0 aliphatic carbocycles. The molecule has 7 nitrogen and oxygen atoms in total. The summed E-state index contributed by atoms with van der Waals surface area (Å²) in [4.78, 5) is 30.6. The van der Waals surface area contributed by atoms with Crippen LogP contribution in [0.15, 0.2) is 81.8 Å². The van der Waals surface area contributed by atoms with Crippen molar-refractivity contribution in [3.63, 3.8) is 0 Å². The smallest absolute Gasteiger partial charge is 0.341 e. The summed E-state index contributed by atoms with van der Waals surface area (Å²) in [6.07, 6.45) is 1.60. The van der Waals surface area contributed by atoms with E-state index < -0.39 is 12.6 Å². The molecule has 1 amide bonds. The number of benzene rings is 1. The highest BCUT2D eigenvalue weighted by molar-refractivity contribution is 7.98. The summed E-state index contributed by atoms with van der Waals surface area (Å²) in [6, 6.07) is 18.4. The van der Waals surface area contributed by atoms with E-state index in [0.717, 1.165) is 16.1 Å². The molecule has 0 aliphatic rings. The molecule has 33 heavy (non-hydrogen) atoms. The van der Waals surface area contributed by atoms with E-state index in [1.54, 1.807) is 29.7 Å². The second-order valence-corrected chi connectivity index (χ2v) is 9.02. The summed E-state index contributed by atoms with van der Waals surface area (Å²) in [7, 11) is 0. The maximum Gasteiger partial charge on any atom is 0.341 e. The Bertz CT molecular complexity index is 1210. The number of thioether (sulfide) groups is 1. The van der Waals surface area contributed by atoms with E-state index in [9.17, 15) is 9.59 Å². The number of hydrogen-bond donors (Lipinski definition) is 1. The van der Waals surface area contributed by atoms with Crippen LogP contribution in [-0.4, -0.2) is 28.6 Å². The number of ether oxygens (including phenoxy) is 1. The fourth-order valence-corrected chi connectivity index (χ4v) is 4.79. The normalized spacial score (nSPS) is 11.7. The van der Waals surface area contributed by atoms with Crippen LogP contribution in [0.25, 0.3) is 0 Å². The van der Waals surface area contributed by atoms with Gasteiger partial charge in [-0.15, -0.1) is 11.3 Å². The zero-order valence-corrected chi connectivity index (χ0v) is 19.4. The van der Waals surface area contributed by atoms with Crippen molar-refractivity contribution in [1.29, 1.82) is 0 Å². The summed E-state index contributed by atoms with van der Waals surface area (Å²) in [5, 5.41) is 9.37. The first-order valence-corrected chi connectivity index (χ1v) is 12.0. The molecule has 0 aliphatic heterocycles. The van der Waals surface area contributed by atoms with Gasteiger partial charge in [0.25, 0.3) is 5.91 Å². The van der Waals surface area contributed by atoms with Crippen molar-refractivity contribution >= 4 is 35.0 Å². The van der Waals surface area contributed by atoms with Crippen LogP contribution in [0, 0.1) is 6.92 Å². The van der Waals surface area contributed by atoms with Crippen LogP contribution >= 0.6 is 23.1 Å². The second kappa shape index (κ2) is 10.9. The Morgan fingerprint density at radius 1 is 1.15 bits per heavy atom. The zero-order valence-electron chi connectivity index (χ0n) is 17.8. The van der Waals surface area contributed by atoms with Gasteiger partial charge in [0.15, 0.2) is 6.61 Å². The quantitative estimate of drug-likeness (QED) is 0.272. The summed E-state index contributed by atoms with van der Waals surface area (Å²) in [5.41, 5.74) is 2.00. The van der Waals surface area contributed by atoms with Crippen molar-refractivity contribution in [2.24, 2.45) is 0 Å². The van der Waals surface area contributed by atoms with E-state index in [4.69, 9.17) is 9.26 Å². The van der Waals surface area contributed by atoms with Crippen LogP contribution in [0.2, 0.25) is 0 Å². The minimum absolute atomic E-state index is 0.299. The van der Waals surface area contributed by atoms with E-state index in [-0.39, 0.29) is 11.9 Å². The topological polar surface area (TPSA) is 94.3 Å². The average Bonchev–Trinajstić information content (AvgIpc) is 3.52. The van der Waals surface area contributed by atoms with Crippen LogP contribution in [0.5, 0.6) is 0 Å². The lowest BCUT2D eigenvalue weighted by atomic mass is 10.1. The highest BCUT2D eigenvalue weighted by atomic mass is 32.2. The first kappa shape index (κ1) is 22.8. The molecule has 9 heteroatoms. The third-order valence-electron chi connectivity index (χ3n) is 4.62. The lowest BCUT2D eigenvalue weighted by molar-refractivity contribution is -0.124. The first-order chi connectivity index (χ1) is 16.1. The van der Waals surface area contributed by atoms with Crippen LogP contribution in [0.3, 0.4) is 0 Å². The van der Waals surface area contributed by atoms with E-state index in [2.05, 4.69) is 15.5 Å². The fourth-order valence-electron chi connectivity index (χ4n) is 3.12. The number of amides is 1. The molecule has 0 spiro atoms. The number of carbonyl (C=O) groups excluding carboxylic acids is 2. The van der Waals surface area contributed by atoms with Gasteiger partial charge < -0.3 is 14.6 Å². The van der Waals surface area contributed by atoms with Gasteiger partial charge in [-0.1, -0.05) is 53.3 Å². The second-order valence-electron chi connectivity index (χ2n) is 7.08.